The Morgan fingerprint density at radius 3 is 2.70 bits per heavy atom. The highest BCUT2D eigenvalue weighted by molar-refractivity contribution is 7.08. The lowest BCUT2D eigenvalue weighted by Gasteiger charge is -2.24. The van der Waals surface area contributed by atoms with Crippen molar-refractivity contribution in [1.82, 2.24) is 4.90 Å². The van der Waals surface area contributed by atoms with Crippen molar-refractivity contribution in [1.29, 1.82) is 0 Å². The number of carbonyl (C=O) groups excluding carboxylic acids is 2. The Morgan fingerprint density at radius 2 is 2.00 bits per heavy atom. The van der Waals surface area contributed by atoms with Gasteiger partial charge in [-0.05, 0) is 36.1 Å². The predicted octanol–water partition coefficient (Wildman–Crippen LogP) is 4.04. The van der Waals surface area contributed by atoms with Gasteiger partial charge in [0.15, 0.2) is 0 Å². The van der Waals surface area contributed by atoms with Crippen molar-refractivity contribution in [2.45, 2.75) is 19.0 Å². The van der Waals surface area contributed by atoms with E-state index in [1.165, 1.54) is 23.5 Å². The molecule has 27 heavy (non-hydrogen) atoms. The van der Waals surface area contributed by atoms with Gasteiger partial charge in [0.25, 0.3) is 5.91 Å². The van der Waals surface area contributed by atoms with Crippen LogP contribution in [0.25, 0.3) is 0 Å². The van der Waals surface area contributed by atoms with Crippen LogP contribution in [-0.2, 0) is 11.0 Å². The molecule has 1 atom stereocenters. The molecule has 2 aromatic rings. The molecule has 142 valence electrons. The van der Waals surface area contributed by atoms with Gasteiger partial charge in [-0.15, -0.1) is 0 Å². The van der Waals surface area contributed by atoms with Crippen LogP contribution < -0.4 is 4.90 Å². The van der Waals surface area contributed by atoms with E-state index >= 15 is 0 Å². The van der Waals surface area contributed by atoms with E-state index < -0.39 is 17.6 Å². The lowest BCUT2D eigenvalue weighted by atomic mass is 9.86. The maximum absolute atomic E-state index is 12.9. The van der Waals surface area contributed by atoms with Gasteiger partial charge in [0, 0.05) is 42.4 Å². The van der Waals surface area contributed by atoms with E-state index in [9.17, 15) is 22.8 Å². The zero-order valence-electron chi connectivity index (χ0n) is 14.3. The Morgan fingerprint density at radius 1 is 1.19 bits per heavy atom. The second-order valence-electron chi connectivity index (χ2n) is 7.19. The number of amides is 2. The number of benzene rings is 1. The summed E-state index contributed by atoms with van der Waals surface area (Å²) in [6, 6.07) is 6.39. The number of halogens is 3. The van der Waals surface area contributed by atoms with Gasteiger partial charge in [0.05, 0.1) is 11.3 Å². The van der Waals surface area contributed by atoms with Crippen LogP contribution in [0.5, 0.6) is 0 Å². The van der Waals surface area contributed by atoms with E-state index in [1.807, 2.05) is 16.8 Å². The number of carbonyl (C=O) groups is 2. The highest BCUT2D eigenvalue weighted by Gasteiger charge is 2.49. The van der Waals surface area contributed by atoms with Crippen LogP contribution in [0.4, 0.5) is 18.9 Å². The molecule has 3 heterocycles. The number of thiophene rings is 1. The van der Waals surface area contributed by atoms with Crippen LogP contribution in [0.15, 0.2) is 41.1 Å². The Hall–Kier alpha value is -2.35. The first-order chi connectivity index (χ1) is 12.8. The smallest absolute Gasteiger partial charge is 0.338 e. The van der Waals surface area contributed by atoms with E-state index in [1.54, 1.807) is 9.80 Å². The molecular weight excluding hydrogens is 377 g/mol. The SMILES string of the molecule is O=C(c1cccc(C(F)(F)F)c1)N1CC[C@@]2(CC(=O)N(c3ccsc3)C2)C1. The van der Waals surface area contributed by atoms with Crippen molar-refractivity contribution in [3.8, 4) is 0 Å². The van der Waals surface area contributed by atoms with Gasteiger partial charge in [0.2, 0.25) is 5.91 Å². The molecule has 0 unspecified atom stereocenters. The van der Waals surface area contributed by atoms with E-state index in [0.29, 0.717) is 32.5 Å². The zero-order valence-corrected chi connectivity index (χ0v) is 15.1. The normalized spacial score (nSPS) is 22.9. The Kier molecular flexibility index (Phi) is 4.25. The van der Waals surface area contributed by atoms with Crippen molar-refractivity contribution in [2.24, 2.45) is 5.41 Å². The van der Waals surface area contributed by atoms with E-state index in [4.69, 9.17) is 0 Å². The molecule has 2 aliphatic heterocycles. The third kappa shape index (κ3) is 3.34. The number of alkyl halides is 3. The van der Waals surface area contributed by atoms with E-state index in [2.05, 4.69) is 0 Å². The third-order valence-electron chi connectivity index (χ3n) is 5.30. The van der Waals surface area contributed by atoms with Gasteiger partial charge in [0.1, 0.15) is 0 Å². The standard InChI is InChI=1S/C19H17F3N2O2S/c20-19(21,22)14-3-1-2-13(8-14)17(26)23-6-5-18(11-23)9-16(25)24(12-18)15-4-7-27-10-15/h1-4,7-8,10H,5-6,9,11-12H2/t18-/m1/s1. The summed E-state index contributed by atoms with van der Waals surface area (Å²) in [5.41, 5.74) is -0.261. The fourth-order valence-corrected chi connectivity index (χ4v) is 4.58. The minimum atomic E-state index is -4.48. The topological polar surface area (TPSA) is 40.6 Å². The molecule has 2 saturated heterocycles. The van der Waals surface area contributed by atoms with Crippen LogP contribution in [0.3, 0.4) is 0 Å². The quantitative estimate of drug-likeness (QED) is 0.772. The van der Waals surface area contributed by atoms with Crippen molar-refractivity contribution < 1.29 is 22.8 Å². The number of hydrogen-bond donors (Lipinski definition) is 0. The summed E-state index contributed by atoms with van der Waals surface area (Å²) in [7, 11) is 0. The zero-order chi connectivity index (χ0) is 19.2. The fourth-order valence-electron chi connectivity index (χ4n) is 3.93. The third-order valence-corrected chi connectivity index (χ3v) is 5.97. The lowest BCUT2D eigenvalue weighted by Crippen LogP contribution is -2.34. The number of hydrogen-bond acceptors (Lipinski definition) is 3. The summed E-state index contributed by atoms with van der Waals surface area (Å²) in [5.74, 6) is -0.388. The number of nitrogens with zero attached hydrogens (tertiary/aromatic N) is 2. The molecule has 4 nitrogen and oxygen atoms in total. The lowest BCUT2D eigenvalue weighted by molar-refractivity contribution is -0.137. The summed E-state index contributed by atoms with van der Waals surface area (Å²) in [6.07, 6.45) is -3.46. The summed E-state index contributed by atoms with van der Waals surface area (Å²) < 4.78 is 38.7. The minimum absolute atomic E-state index is 0.0286. The van der Waals surface area contributed by atoms with Crippen molar-refractivity contribution >= 4 is 28.8 Å². The molecule has 0 saturated carbocycles. The number of anilines is 1. The monoisotopic (exact) mass is 394 g/mol. The largest absolute Gasteiger partial charge is 0.416 e. The van der Waals surface area contributed by atoms with Gasteiger partial charge in [-0.1, -0.05) is 6.07 Å². The van der Waals surface area contributed by atoms with Crippen molar-refractivity contribution in [3.63, 3.8) is 0 Å². The molecule has 1 spiro atoms. The second-order valence-corrected chi connectivity index (χ2v) is 7.97. The van der Waals surface area contributed by atoms with E-state index in [-0.39, 0.29) is 16.9 Å². The Bertz CT molecular complexity index is 881. The van der Waals surface area contributed by atoms with Crippen LogP contribution >= 0.6 is 11.3 Å². The molecule has 8 heteroatoms. The maximum atomic E-state index is 12.9. The Labute approximate surface area is 158 Å². The minimum Gasteiger partial charge on any atom is -0.338 e. The molecular formula is C19H17F3N2O2S. The summed E-state index contributed by atoms with van der Waals surface area (Å²) >= 11 is 1.52. The first-order valence-electron chi connectivity index (χ1n) is 8.57. The van der Waals surface area contributed by atoms with Gasteiger partial charge >= 0.3 is 6.18 Å². The van der Waals surface area contributed by atoms with Gasteiger partial charge in [-0.2, -0.15) is 24.5 Å². The predicted molar refractivity (Wildman–Crippen MR) is 95.7 cm³/mol. The molecule has 1 aromatic carbocycles. The maximum Gasteiger partial charge on any atom is 0.416 e. The molecule has 2 fully saturated rings. The molecule has 1 aromatic heterocycles. The fraction of sp³-hybridized carbons (Fsp3) is 0.368. The van der Waals surface area contributed by atoms with Gasteiger partial charge < -0.3 is 9.80 Å². The molecule has 4 rings (SSSR count). The number of likely N-dealkylation sites (tertiary alicyclic amines) is 1. The highest BCUT2D eigenvalue weighted by atomic mass is 32.1. The molecule has 0 radical (unpaired) electrons. The second kappa shape index (κ2) is 6.37. The molecule has 0 bridgehead atoms. The van der Waals surface area contributed by atoms with Crippen molar-refractivity contribution in [3.05, 3.63) is 52.2 Å². The average molecular weight is 394 g/mol. The van der Waals surface area contributed by atoms with Crippen LogP contribution in [0.2, 0.25) is 0 Å². The highest BCUT2D eigenvalue weighted by Crippen LogP contribution is 2.42. The molecule has 2 aliphatic rings. The molecule has 0 N–H and O–H groups in total. The number of rotatable bonds is 2. The first kappa shape index (κ1) is 18.0. The van der Waals surface area contributed by atoms with Crippen LogP contribution in [0.1, 0.15) is 28.8 Å². The first-order valence-corrected chi connectivity index (χ1v) is 9.51. The van der Waals surface area contributed by atoms with Gasteiger partial charge in [-0.3, -0.25) is 9.59 Å². The average Bonchev–Trinajstić information content (AvgIpc) is 3.35. The Balaban J connectivity index is 1.50. The van der Waals surface area contributed by atoms with Gasteiger partial charge in [-0.25, -0.2) is 0 Å². The van der Waals surface area contributed by atoms with Crippen LogP contribution in [-0.4, -0.2) is 36.3 Å². The van der Waals surface area contributed by atoms with Crippen LogP contribution in [0, 0.1) is 5.41 Å². The molecule has 0 aliphatic carbocycles. The van der Waals surface area contributed by atoms with Crippen molar-refractivity contribution in [2.75, 3.05) is 24.5 Å². The molecule has 2 amide bonds. The summed E-state index contributed by atoms with van der Waals surface area (Å²) in [4.78, 5) is 28.5. The summed E-state index contributed by atoms with van der Waals surface area (Å²) in [5, 5.41) is 3.82. The summed E-state index contributed by atoms with van der Waals surface area (Å²) in [6.45, 7) is 1.36. The van der Waals surface area contributed by atoms with E-state index in [0.717, 1.165) is 17.8 Å².